The molecule has 2 aromatic rings. The Bertz CT molecular complexity index is 1010. The molecule has 0 amide bonds. The highest BCUT2D eigenvalue weighted by atomic mass is 79.9. The average molecular weight is 444 g/mol. The second-order valence-electron chi connectivity index (χ2n) is 8.11. The Kier molecular flexibility index (Phi) is 3.86. The maximum absolute atomic E-state index is 13.1. The lowest BCUT2D eigenvalue weighted by Crippen LogP contribution is -2.32. The summed E-state index contributed by atoms with van der Waals surface area (Å²) in [5.74, 6) is 1.68. The first-order chi connectivity index (χ1) is 12.9. The van der Waals surface area contributed by atoms with Gasteiger partial charge in [0.25, 0.3) is 10.0 Å². The summed E-state index contributed by atoms with van der Waals surface area (Å²) in [7, 11) is -3.49. The Morgan fingerprint density at radius 2 is 1.70 bits per heavy atom. The molecule has 0 bridgehead atoms. The highest BCUT2D eigenvalue weighted by Gasteiger charge is 2.69. The predicted molar refractivity (Wildman–Crippen MR) is 110 cm³/mol. The molecule has 3 unspecified atom stereocenters. The molecule has 2 saturated carbocycles. The Hall–Kier alpha value is -1.59. The van der Waals surface area contributed by atoms with Gasteiger partial charge in [0.1, 0.15) is 0 Å². The fourth-order valence-corrected chi connectivity index (χ4v) is 6.50. The molecule has 0 aromatic heterocycles. The Balaban J connectivity index is 1.50. The first-order valence-electron chi connectivity index (χ1n) is 9.47. The minimum Gasteiger partial charge on any atom is -0.273 e. The number of fused-ring (bicyclic) bond motifs is 1. The molecule has 5 rings (SSSR count). The van der Waals surface area contributed by atoms with Crippen molar-refractivity contribution in [2.45, 2.75) is 30.1 Å². The number of nitrogens with zero attached hydrogens (tertiary/aromatic N) is 1. The molecule has 1 heterocycles. The van der Waals surface area contributed by atoms with E-state index in [0.29, 0.717) is 23.3 Å². The molecule has 3 aliphatic rings. The molecule has 0 saturated heterocycles. The van der Waals surface area contributed by atoms with Crippen LogP contribution >= 0.6 is 15.9 Å². The largest absolute Gasteiger partial charge is 0.273 e. The fourth-order valence-electron chi connectivity index (χ4n) is 4.91. The van der Waals surface area contributed by atoms with Gasteiger partial charge in [0, 0.05) is 22.6 Å². The highest BCUT2D eigenvalue weighted by Crippen LogP contribution is 2.70. The molecule has 27 heavy (non-hydrogen) atoms. The summed E-state index contributed by atoms with van der Waals surface area (Å²) in [5, 5.41) is 0. The smallest absolute Gasteiger partial charge is 0.263 e. The van der Waals surface area contributed by atoms with Gasteiger partial charge in [0.15, 0.2) is 0 Å². The number of sulfonamides is 1. The summed E-state index contributed by atoms with van der Waals surface area (Å²) in [6.07, 6.45) is 6.53. The second kappa shape index (κ2) is 5.95. The maximum Gasteiger partial charge on any atom is 0.263 e. The van der Waals surface area contributed by atoms with Crippen molar-refractivity contribution in [2.75, 3.05) is 6.54 Å². The number of hydrogen-bond donors (Lipinski definition) is 0. The molecule has 1 aliphatic heterocycles. The van der Waals surface area contributed by atoms with Crippen LogP contribution in [0.1, 0.15) is 24.0 Å². The maximum atomic E-state index is 13.1. The van der Waals surface area contributed by atoms with Gasteiger partial charge >= 0.3 is 0 Å². The molecule has 2 aliphatic carbocycles. The third-order valence-electron chi connectivity index (χ3n) is 6.48. The van der Waals surface area contributed by atoms with Gasteiger partial charge in [-0.3, -0.25) is 4.31 Å². The number of rotatable bonds is 4. The average Bonchev–Trinajstić information content (AvgIpc) is 3.55. The molecule has 2 aromatic carbocycles. The summed E-state index contributed by atoms with van der Waals surface area (Å²) in [6, 6.07) is 15.7. The summed E-state index contributed by atoms with van der Waals surface area (Å²) in [5.41, 5.74) is 2.39. The Labute approximate surface area is 169 Å². The van der Waals surface area contributed by atoms with Crippen LogP contribution in [0.15, 0.2) is 70.2 Å². The van der Waals surface area contributed by atoms with Gasteiger partial charge in [-0.05, 0) is 67.3 Å². The first kappa shape index (κ1) is 17.5. The van der Waals surface area contributed by atoms with Gasteiger partial charge < -0.3 is 0 Å². The van der Waals surface area contributed by atoms with E-state index < -0.39 is 10.0 Å². The van der Waals surface area contributed by atoms with Crippen molar-refractivity contribution >= 4 is 26.0 Å². The summed E-state index contributed by atoms with van der Waals surface area (Å²) >= 11 is 3.52. The van der Waals surface area contributed by atoms with Crippen LogP contribution in [0.5, 0.6) is 0 Å². The topological polar surface area (TPSA) is 37.4 Å². The number of aryl methyl sites for hydroxylation is 1. The van der Waals surface area contributed by atoms with Crippen LogP contribution < -0.4 is 0 Å². The Morgan fingerprint density at radius 1 is 1.04 bits per heavy atom. The molecule has 140 valence electrons. The number of benzene rings is 2. The number of hydrogen-bond acceptors (Lipinski definition) is 2. The van der Waals surface area contributed by atoms with Gasteiger partial charge in [-0.25, -0.2) is 8.42 Å². The molecule has 3 nitrogen and oxygen atoms in total. The van der Waals surface area contributed by atoms with Crippen LogP contribution in [0, 0.1) is 24.7 Å². The lowest BCUT2D eigenvalue weighted by atomic mass is 9.89. The third-order valence-corrected chi connectivity index (χ3v) is 8.77. The third kappa shape index (κ3) is 2.70. The molecular weight excluding hydrogens is 422 g/mol. The summed E-state index contributed by atoms with van der Waals surface area (Å²) in [4.78, 5) is 0.373. The van der Waals surface area contributed by atoms with Crippen molar-refractivity contribution in [1.29, 1.82) is 0 Å². The number of allylic oxidation sites excluding steroid dienone is 1. The lowest BCUT2D eigenvalue weighted by molar-refractivity contribution is 0.445. The van der Waals surface area contributed by atoms with Crippen LogP contribution in [0.25, 0.3) is 0 Å². The monoisotopic (exact) mass is 443 g/mol. The van der Waals surface area contributed by atoms with Crippen LogP contribution in [-0.4, -0.2) is 19.3 Å². The van der Waals surface area contributed by atoms with Crippen LogP contribution in [0.2, 0.25) is 0 Å². The zero-order valence-corrected chi connectivity index (χ0v) is 17.6. The van der Waals surface area contributed by atoms with Gasteiger partial charge in [0.2, 0.25) is 0 Å². The van der Waals surface area contributed by atoms with E-state index in [9.17, 15) is 8.42 Å². The van der Waals surface area contributed by atoms with Crippen molar-refractivity contribution in [2.24, 2.45) is 17.8 Å². The van der Waals surface area contributed by atoms with Crippen molar-refractivity contribution in [1.82, 2.24) is 4.31 Å². The molecule has 0 radical (unpaired) electrons. The lowest BCUT2D eigenvalue weighted by Gasteiger charge is -2.27. The van der Waals surface area contributed by atoms with E-state index in [4.69, 9.17) is 0 Å². The zero-order chi connectivity index (χ0) is 18.8. The van der Waals surface area contributed by atoms with E-state index in [1.54, 1.807) is 16.4 Å². The van der Waals surface area contributed by atoms with Crippen molar-refractivity contribution in [3.63, 3.8) is 0 Å². The van der Waals surface area contributed by atoms with Crippen molar-refractivity contribution in [3.8, 4) is 0 Å². The van der Waals surface area contributed by atoms with Crippen LogP contribution in [-0.2, 0) is 15.4 Å². The molecule has 0 spiro atoms. The van der Waals surface area contributed by atoms with Crippen LogP contribution in [0.3, 0.4) is 0 Å². The van der Waals surface area contributed by atoms with E-state index in [1.807, 2.05) is 25.3 Å². The van der Waals surface area contributed by atoms with Gasteiger partial charge in [-0.2, -0.15) is 0 Å². The van der Waals surface area contributed by atoms with Crippen molar-refractivity contribution < 1.29 is 8.42 Å². The van der Waals surface area contributed by atoms with E-state index in [1.165, 1.54) is 18.4 Å². The molecule has 0 N–H and O–H groups in total. The fraction of sp³-hybridized carbons (Fsp3) is 0.364. The summed E-state index contributed by atoms with van der Waals surface area (Å²) in [6.45, 7) is 2.54. The quantitative estimate of drug-likeness (QED) is 0.675. The van der Waals surface area contributed by atoms with Gasteiger partial charge in [0.05, 0.1) is 4.90 Å². The zero-order valence-electron chi connectivity index (χ0n) is 15.2. The van der Waals surface area contributed by atoms with Gasteiger partial charge in [-0.15, -0.1) is 0 Å². The number of halogens is 1. The normalized spacial score (nSPS) is 29.5. The van der Waals surface area contributed by atoms with Crippen LogP contribution in [0.4, 0.5) is 0 Å². The Morgan fingerprint density at radius 3 is 2.33 bits per heavy atom. The molecule has 2 fully saturated rings. The van der Waals surface area contributed by atoms with E-state index in [0.717, 1.165) is 16.0 Å². The second-order valence-corrected chi connectivity index (χ2v) is 10.9. The van der Waals surface area contributed by atoms with Crippen molar-refractivity contribution in [3.05, 3.63) is 76.4 Å². The van der Waals surface area contributed by atoms with E-state index in [-0.39, 0.29) is 5.41 Å². The summed E-state index contributed by atoms with van der Waals surface area (Å²) < 4.78 is 28.9. The standard InChI is InChI=1S/C22H22BrNO2S/c1-15-2-10-19(11-3-15)27(25,26)24-13-12-22(17-6-8-18(23)9-7-17)20(14-24)21(22)16-4-5-16/h2-3,6-13,16,20-21H,4-5,14H2,1H3. The van der Waals surface area contributed by atoms with E-state index >= 15 is 0 Å². The molecule has 3 atom stereocenters. The van der Waals surface area contributed by atoms with E-state index in [2.05, 4.69) is 46.3 Å². The minimum atomic E-state index is -3.49. The first-order valence-corrected chi connectivity index (χ1v) is 11.7. The highest BCUT2D eigenvalue weighted by molar-refractivity contribution is 9.10. The minimum absolute atomic E-state index is 0.0150. The SMILES string of the molecule is Cc1ccc(S(=O)(=O)N2C=CC3(c4ccc(Br)cc4)C(C2)C3C2CC2)cc1. The van der Waals surface area contributed by atoms with Gasteiger partial charge in [-0.1, -0.05) is 51.8 Å². The molecule has 5 heteroatoms. The molecular formula is C22H22BrNO2S. The predicted octanol–water partition coefficient (Wildman–Crippen LogP) is 4.87.